The van der Waals surface area contributed by atoms with Crippen LogP contribution in [0, 0.1) is 20.8 Å². The fourth-order valence-electron chi connectivity index (χ4n) is 3.48. The second-order valence-electron chi connectivity index (χ2n) is 7.55. The minimum atomic E-state index is -0.0783. The monoisotopic (exact) mass is 399 g/mol. The summed E-state index contributed by atoms with van der Waals surface area (Å²) in [5, 5.41) is 7.60. The number of nitrogens with zero attached hydrogens (tertiary/aromatic N) is 4. The molecule has 30 heavy (non-hydrogen) atoms. The lowest BCUT2D eigenvalue weighted by Gasteiger charge is -2.11. The number of hydrogen-bond acceptors (Lipinski definition) is 4. The SMILES string of the molecule is CCc1ccc(NC(=O)Cc2c(C)nc3nc(-c4ccc(C)cc4)nn3c2C)cc1. The summed E-state index contributed by atoms with van der Waals surface area (Å²) in [5.41, 5.74) is 6.70. The average molecular weight is 399 g/mol. The van der Waals surface area contributed by atoms with Gasteiger partial charge in [0, 0.05) is 28.2 Å². The van der Waals surface area contributed by atoms with Crippen molar-refractivity contribution in [3.05, 3.63) is 76.6 Å². The number of aromatic nitrogens is 4. The van der Waals surface area contributed by atoms with Gasteiger partial charge in [-0.15, -0.1) is 5.10 Å². The zero-order valence-electron chi connectivity index (χ0n) is 17.7. The Kier molecular flexibility index (Phi) is 5.31. The van der Waals surface area contributed by atoms with Crippen LogP contribution < -0.4 is 5.32 Å². The predicted molar refractivity (Wildman–Crippen MR) is 119 cm³/mol. The summed E-state index contributed by atoms with van der Waals surface area (Å²) in [6.07, 6.45) is 1.21. The molecule has 0 saturated carbocycles. The molecule has 4 rings (SSSR count). The Hall–Kier alpha value is -3.54. The van der Waals surface area contributed by atoms with Crippen LogP contribution in [0.4, 0.5) is 5.69 Å². The lowest BCUT2D eigenvalue weighted by molar-refractivity contribution is -0.115. The highest BCUT2D eigenvalue weighted by Crippen LogP contribution is 2.20. The van der Waals surface area contributed by atoms with Gasteiger partial charge >= 0.3 is 0 Å². The van der Waals surface area contributed by atoms with Crippen LogP contribution >= 0.6 is 0 Å². The van der Waals surface area contributed by atoms with Crippen LogP contribution in [0.2, 0.25) is 0 Å². The Morgan fingerprint density at radius 3 is 2.33 bits per heavy atom. The molecule has 4 aromatic rings. The number of benzene rings is 2. The molecule has 1 N–H and O–H groups in total. The summed E-state index contributed by atoms with van der Waals surface area (Å²) in [4.78, 5) is 21.8. The van der Waals surface area contributed by atoms with Crippen molar-refractivity contribution in [1.82, 2.24) is 19.6 Å². The Bertz CT molecular complexity index is 1210. The molecule has 152 valence electrons. The van der Waals surface area contributed by atoms with E-state index in [2.05, 4.69) is 27.3 Å². The molecule has 0 fully saturated rings. The Morgan fingerprint density at radius 1 is 0.967 bits per heavy atom. The number of carbonyl (C=O) groups excluding carboxylic acids is 1. The normalized spacial score (nSPS) is 11.1. The smallest absolute Gasteiger partial charge is 0.253 e. The molecule has 0 atom stereocenters. The van der Waals surface area contributed by atoms with Crippen LogP contribution in [0.15, 0.2) is 48.5 Å². The maximum atomic E-state index is 12.7. The van der Waals surface area contributed by atoms with E-state index in [1.165, 1.54) is 11.1 Å². The van der Waals surface area contributed by atoms with Crippen LogP contribution in [0.1, 0.15) is 35.0 Å². The molecular formula is C24H25N5O. The molecule has 2 aromatic heterocycles. The van der Waals surface area contributed by atoms with Crippen molar-refractivity contribution >= 4 is 17.4 Å². The second kappa shape index (κ2) is 8.06. The number of anilines is 1. The Balaban J connectivity index is 1.60. The van der Waals surface area contributed by atoms with Gasteiger partial charge in [-0.2, -0.15) is 4.98 Å². The summed E-state index contributed by atoms with van der Waals surface area (Å²) >= 11 is 0. The molecule has 6 heteroatoms. The molecule has 0 saturated heterocycles. The molecule has 0 unspecified atom stereocenters. The van der Waals surface area contributed by atoms with Gasteiger partial charge in [0.1, 0.15) is 0 Å². The third-order valence-electron chi connectivity index (χ3n) is 5.34. The van der Waals surface area contributed by atoms with Crippen molar-refractivity contribution in [1.29, 1.82) is 0 Å². The standard InChI is InChI=1S/C24H25N5O/c1-5-18-8-12-20(13-9-18)26-22(30)14-21-16(3)25-24-27-23(28-29(24)17(21)4)19-10-6-15(2)7-11-19/h6-13H,5,14H2,1-4H3,(H,26,30). The van der Waals surface area contributed by atoms with E-state index in [-0.39, 0.29) is 12.3 Å². The van der Waals surface area contributed by atoms with E-state index >= 15 is 0 Å². The molecule has 0 aliphatic heterocycles. The van der Waals surface area contributed by atoms with Gasteiger partial charge in [0.2, 0.25) is 5.91 Å². The number of amides is 1. The van der Waals surface area contributed by atoms with E-state index in [0.29, 0.717) is 11.6 Å². The third kappa shape index (κ3) is 3.94. The summed E-state index contributed by atoms with van der Waals surface area (Å²) in [5.74, 6) is 1.09. The van der Waals surface area contributed by atoms with Gasteiger partial charge in [-0.1, -0.05) is 48.9 Å². The van der Waals surface area contributed by atoms with Gasteiger partial charge in [-0.3, -0.25) is 4.79 Å². The largest absolute Gasteiger partial charge is 0.326 e. The zero-order chi connectivity index (χ0) is 21.3. The third-order valence-corrected chi connectivity index (χ3v) is 5.34. The van der Waals surface area contributed by atoms with Crippen molar-refractivity contribution in [3.8, 4) is 11.4 Å². The molecule has 0 aliphatic carbocycles. The Morgan fingerprint density at radius 2 is 1.67 bits per heavy atom. The number of nitrogens with one attached hydrogen (secondary N) is 1. The quantitative estimate of drug-likeness (QED) is 0.538. The molecule has 0 spiro atoms. The number of hydrogen-bond donors (Lipinski definition) is 1. The van der Waals surface area contributed by atoms with Gasteiger partial charge in [0.25, 0.3) is 5.78 Å². The van der Waals surface area contributed by atoms with E-state index in [4.69, 9.17) is 0 Å². The fourth-order valence-corrected chi connectivity index (χ4v) is 3.48. The van der Waals surface area contributed by atoms with Gasteiger partial charge in [-0.25, -0.2) is 9.50 Å². The molecule has 6 nitrogen and oxygen atoms in total. The number of rotatable bonds is 5. The van der Waals surface area contributed by atoms with E-state index in [9.17, 15) is 4.79 Å². The van der Waals surface area contributed by atoms with Crippen molar-refractivity contribution in [2.45, 2.75) is 40.5 Å². The fraction of sp³-hybridized carbons (Fsp3) is 0.250. The molecule has 0 bridgehead atoms. The molecule has 2 heterocycles. The highest BCUT2D eigenvalue weighted by molar-refractivity contribution is 5.92. The molecule has 1 amide bonds. The first kappa shape index (κ1) is 19.8. The van der Waals surface area contributed by atoms with Gasteiger partial charge < -0.3 is 5.32 Å². The van der Waals surface area contributed by atoms with Crippen LogP contribution in [0.25, 0.3) is 17.2 Å². The topological polar surface area (TPSA) is 72.2 Å². The Labute approximate surface area is 176 Å². The first-order chi connectivity index (χ1) is 14.4. The van der Waals surface area contributed by atoms with Crippen molar-refractivity contribution in [2.75, 3.05) is 5.32 Å². The number of fused-ring (bicyclic) bond motifs is 1. The van der Waals surface area contributed by atoms with E-state index in [0.717, 1.165) is 34.6 Å². The molecule has 0 radical (unpaired) electrons. The summed E-state index contributed by atoms with van der Waals surface area (Å²) < 4.78 is 1.72. The van der Waals surface area contributed by atoms with Gasteiger partial charge in [0.15, 0.2) is 5.82 Å². The predicted octanol–water partition coefficient (Wildman–Crippen LogP) is 4.46. The molecular weight excluding hydrogens is 374 g/mol. The second-order valence-corrected chi connectivity index (χ2v) is 7.55. The lowest BCUT2D eigenvalue weighted by Crippen LogP contribution is -2.17. The van der Waals surface area contributed by atoms with Crippen molar-refractivity contribution < 1.29 is 4.79 Å². The zero-order valence-corrected chi connectivity index (χ0v) is 17.7. The summed E-state index contributed by atoms with van der Waals surface area (Å²) in [7, 11) is 0. The first-order valence-electron chi connectivity index (χ1n) is 10.1. The van der Waals surface area contributed by atoms with Crippen LogP contribution in [-0.4, -0.2) is 25.5 Å². The molecule has 2 aromatic carbocycles. The van der Waals surface area contributed by atoms with Gasteiger partial charge in [-0.05, 0) is 44.9 Å². The van der Waals surface area contributed by atoms with Crippen LogP contribution in [0.5, 0.6) is 0 Å². The van der Waals surface area contributed by atoms with Crippen LogP contribution in [0.3, 0.4) is 0 Å². The summed E-state index contributed by atoms with van der Waals surface area (Å²) in [6.45, 7) is 8.02. The van der Waals surface area contributed by atoms with Gasteiger partial charge in [0.05, 0.1) is 6.42 Å². The maximum Gasteiger partial charge on any atom is 0.253 e. The molecule has 0 aliphatic rings. The average Bonchev–Trinajstić information content (AvgIpc) is 3.16. The van der Waals surface area contributed by atoms with Crippen molar-refractivity contribution in [3.63, 3.8) is 0 Å². The summed E-state index contributed by atoms with van der Waals surface area (Å²) in [6, 6.07) is 16.0. The number of aryl methyl sites for hydroxylation is 4. The van der Waals surface area contributed by atoms with E-state index < -0.39 is 0 Å². The highest BCUT2D eigenvalue weighted by atomic mass is 16.1. The van der Waals surface area contributed by atoms with Crippen molar-refractivity contribution in [2.24, 2.45) is 0 Å². The first-order valence-corrected chi connectivity index (χ1v) is 10.1. The lowest BCUT2D eigenvalue weighted by atomic mass is 10.1. The maximum absolute atomic E-state index is 12.7. The van der Waals surface area contributed by atoms with E-state index in [1.54, 1.807) is 4.52 Å². The van der Waals surface area contributed by atoms with Crippen LogP contribution in [-0.2, 0) is 17.6 Å². The highest BCUT2D eigenvalue weighted by Gasteiger charge is 2.17. The minimum Gasteiger partial charge on any atom is -0.326 e. The minimum absolute atomic E-state index is 0.0783. The van der Waals surface area contributed by atoms with E-state index in [1.807, 2.05) is 69.3 Å². The number of carbonyl (C=O) groups is 1.